The average Bonchev–Trinajstić information content (AvgIpc) is 3.54. The Morgan fingerprint density at radius 1 is 1.03 bits per heavy atom. The van der Waals surface area contributed by atoms with Crippen LogP contribution in [0.3, 0.4) is 0 Å². The smallest absolute Gasteiger partial charge is 0.248 e. The van der Waals surface area contributed by atoms with E-state index in [-0.39, 0.29) is 30.6 Å². The molecule has 0 radical (unpaired) electrons. The van der Waals surface area contributed by atoms with E-state index in [1.807, 2.05) is 48.5 Å². The van der Waals surface area contributed by atoms with Crippen molar-refractivity contribution >= 4 is 29.2 Å². The number of nitrogens with zero attached hydrogens (tertiary/aromatic N) is 2. The number of carbonyl (C=O) groups excluding carboxylic acids is 3. The molecule has 0 saturated heterocycles. The van der Waals surface area contributed by atoms with Crippen LogP contribution in [0.5, 0.6) is 0 Å². The van der Waals surface area contributed by atoms with Gasteiger partial charge in [-0.1, -0.05) is 66.5 Å². The number of carbonyl (C=O) groups is 3. The van der Waals surface area contributed by atoms with Crippen molar-refractivity contribution in [2.24, 2.45) is 11.7 Å². The quantitative estimate of drug-likeness (QED) is 0.479. The third kappa shape index (κ3) is 4.96. The maximum absolute atomic E-state index is 13.9. The van der Waals surface area contributed by atoms with E-state index < -0.39 is 11.4 Å². The number of para-hydroxylation sites is 1. The normalized spacial score (nSPS) is 15.3. The molecule has 1 unspecified atom stereocenters. The standard InChI is InChI=1S/C27H30N4O4/c1-19-18-23(30-35-19)29-24(32)16-17-25(33)31(22-14-6-3-7-15-22)27(26(28)34,21-12-8-9-13-21)20-10-4-2-5-11-20/h2-7,10-11,14-15,18,21H,8-9,12-13,16-17H2,1H3,(H2,28,34)(H,29,30,32). The molecule has 1 atom stereocenters. The summed E-state index contributed by atoms with van der Waals surface area (Å²) < 4.78 is 4.97. The monoisotopic (exact) mass is 474 g/mol. The Balaban J connectivity index is 1.71. The number of nitrogens with two attached hydrogens (primary N) is 1. The minimum Gasteiger partial charge on any atom is -0.367 e. The maximum Gasteiger partial charge on any atom is 0.248 e. The fourth-order valence-electron chi connectivity index (χ4n) is 5.12. The van der Waals surface area contributed by atoms with Gasteiger partial charge in [-0.25, -0.2) is 0 Å². The van der Waals surface area contributed by atoms with Crippen LogP contribution in [-0.4, -0.2) is 22.9 Å². The second-order valence-electron chi connectivity index (χ2n) is 8.91. The largest absolute Gasteiger partial charge is 0.367 e. The number of aryl methyl sites for hydroxylation is 1. The van der Waals surface area contributed by atoms with Crippen LogP contribution in [0.2, 0.25) is 0 Å². The summed E-state index contributed by atoms with van der Waals surface area (Å²) in [4.78, 5) is 41.4. The van der Waals surface area contributed by atoms with Crippen molar-refractivity contribution in [3.63, 3.8) is 0 Å². The SMILES string of the molecule is Cc1cc(NC(=O)CCC(=O)N(c2ccccc2)C(C(N)=O)(c2ccccc2)C2CCCC2)no1. The highest BCUT2D eigenvalue weighted by atomic mass is 16.5. The lowest BCUT2D eigenvalue weighted by Gasteiger charge is -2.46. The van der Waals surface area contributed by atoms with Gasteiger partial charge in [0, 0.05) is 24.6 Å². The molecule has 1 fully saturated rings. The summed E-state index contributed by atoms with van der Waals surface area (Å²) in [7, 11) is 0. The molecular weight excluding hydrogens is 444 g/mol. The van der Waals surface area contributed by atoms with Crippen molar-refractivity contribution in [2.45, 2.75) is 51.0 Å². The highest BCUT2D eigenvalue weighted by Gasteiger charge is 2.53. The summed E-state index contributed by atoms with van der Waals surface area (Å²) in [5.41, 5.74) is 6.07. The van der Waals surface area contributed by atoms with Gasteiger partial charge in [0.05, 0.1) is 0 Å². The Bertz CT molecular complexity index is 1170. The van der Waals surface area contributed by atoms with Crippen molar-refractivity contribution in [3.8, 4) is 0 Å². The summed E-state index contributed by atoms with van der Waals surface area (Å²) in [5.74, 6) is -0.574. The van der Waals surface area contributed by atoms with Crippen molar-refractivity contribution in [1.29, 1.82) is 0 Å². The topological polar surface area (TPSA) is 119 Å². The van der Waals surface area contributed by atoms with Gasteiger partial charge >= 0.3 is 0 Å². The van der Waals surface area contributed by atoms with Crippen LogP contribution < -0.4 is 16.0 Å². The molecule has 2 aromatic carbocycles. The van der Waals surface area contributed by atoms with E-state index in [0.717, 1.165) is 25.7 Å². The van der Waals surface area contributed by atoms with Crippen LogP contribution in [0.15, 0.2) is 71.3 Å². The summed E-state index contributed by atoms with van der Waals surface area (Å²) >= 11 is 0. The predicted octanol–water partition coefficient (Wildman–Crippen LogP) is 4.31. The number of nitrogens with one attached hydrogen (secondary N) is 1. The zero-order chi connectivity index (χ0) is 24.8. The Hall–Kier alpha value is -3.94. The molecule has 35 heavy (non-hydrogen) atoms. The van der Waals surface area contributed by atoms with E-state index in [0.29, 0.717) is 22.8 Å². The lowest BCUT2D eigenvalue weighted by Crippen LogP contribution is -2.61. The number of rotatable bonds is 9. The van der Waals surface area contributed by atoms with Crippen LogP contribution in [0.4, 0.5) is 11.5 Å². The first kappa shape index (κ1) is 24.2. The first-order valence-corrected chi connectivity index (χ1v) is 11.9. The van der Waals surface area contributed by atoms with E-state index in [1.54, 1.807) is 25.1 Å². The zero-order valence-electron chi connectivity index (χ0n) is 19.8. The Morgan fingerprint density at radius 2 is 1.66 bits per heavy atom. The molecule has 4 rings (SSSR count). The number of anilines is 2. The van der Waals surface area contributed by atoms with E-state index in [2.05, 4.69) is 10.5 Å². The van der Waals surface area contributed by atoms with Gasteiger partial charge in [-0.15, -0.1) is 0 Å². The molecule has 1 aromatic heterocycles. The molecule has 8 heteroatoms. The second-order valence-corrected chi connectivity index (χ2v) is 8.91. The number of hydrogen-bond acceptors (Lipinski definition) is 5. The van der Waals surface area contributed by atoms with Crippen LogP contribution in [0.25, 0.3) is 0 Å². The van der Waals surface area contributed by atoms with Crippen LogP contribution in [0.1, 0.15) is 49.8 Å². The highest BCUT2D eigenvalue weighted by molar-refractivity contribution is 6.05. The van der Waals surface area contributed by atoms with Gasteiger partial charge in [0.1, 0.15) is 5.76 Å². The van der Waals surface area contributed by atoms with Crippen LogP contribution >= 0.6 is 0 Å². The van der Waals surface area contributed by atoms with Crippen molar-refractivity contribution in [2.75, 3.05) is 10.2 Å². The molecule has 0 bridgehead atoms. The maximum atomic E-state index is 13.9. The van der Waals surface area contributed by atoms with Gasteiger partial charge in [-0.3, -0.25) is 19.3 Å². The molecule has 182 valence electrons. The van der Waals surface area contributed by atoms with E-state index >= 15 is 0 Å². The van der Waals surface area contributed by atoms with Gasteiger partial charge in [0.2, 0.25) is 17.7 Å². The average molecular weight is 475 g/mol. The summed E-state index contributed by atoms with van der Waals surface area (Å²) in [6.45, 7) is 1.72. The molecule has 0 spiro atoms. The third-order valence-corrected chi connectivity index (χ3v) is 6.61. The number of benzene rings is 2. The molecule has 1 aliphatic carbocycles. The summed E-state index contributed by atoms with van der Waals surface area (Å²) in [5, 5.41) is 6.40. The second kappa shape index (κ2) is 10.5. The molecule has 1 heterocycles. The fourth-order valence-corrected chi connectivity index (χ4v) is 5.12. The van der Waals surface area contributed by atoms with Gasteiger partial charge < -0.3 is 15.6 Å². The van der Waals surface area contributed by atoms with Gasteiger partial charge in [-0.05, 0) is 43.4 Å². The molecule has 3 aromatic rings. The first-order valence-electron chi connectivity index (χ1n) is 11.9. The Morgan fingerprint density at radius 3 is 2.23 bits per heavy atom. The molecule has 1 aliphatic rings. The van der Waals surface area contributed by atoms with E-state index in [1.165, 1.54) is 4.90 Å². The Labute approximate surface area is 204 Å². The van der Waals surface area contributed by atoms with Crippen LogP contribution in [0, 0.1) is 12.8 Å². The predicted molar refractivity (Wildman–Crippen MR) is 132 cm³/mol. The lowest BCUT2D eigenvalue weighted by atomic mass is 9.74. The van der Waals surface area contributed by atoms with E-state index in [9.17, 15) is 14.4 Å². The number of aromatic nitrogens is 1. The molecule has 0 aliphatic heterocycles. The zero-order valence-corrected chi connectivity index (χ0v) is 19.8. The lowest BCUT2D eigenvalue weighted by molar-refractivity contribution is -0.131. The third-order valence-electron chi connectivity index (χ3n) is 6.61. The van der Waals surface area contributed by atoms with Crippen molar-refractivity contribution in [3.05, 3.63) is 78.1 Å². The number of hydrogen-bond donors (Lipinski definition) is 2. The van der Waals surface area contributed by atoms with Gasteiger partial charge in [-0.2, -0.15) is 0 Å². The Kier molecular flexibility index (Phi) is 7.29. The summed E-state index contributed by atoms with van der Waals surface area (Å²) in [6.07, 6.45) is 3.29. The minimum atomic E-state index is -1.37. The molecule has 8 nitrogen and oxygen atoms in total. The molecular formula is C27H30N4O4. The molecule has 3 amide bonds. The summed E-state index contributed by atoms with van der Waals surface area (Å²) in [6, 6.07) is 20.0. The molecule has 3 N–H and O–H groups in total. The van der Waals surface area contributed by atoms with Crippen LogP contribution in [-0.2, 0) is 19.9 Å². The van der Waals surface area contributed by atoms with Crippen molar-refractivity contribution in [1.82, 2.24) is 5.16 Å². The highest BCUT2D eigenvalue weighted by Crippen LogP contribution is 2.47. The fraction of sp³-hybridized carbons (Fsp3) is 0.333. The number of amides is 3. The van der Waals surface area contributed by atoms with E-state index in [4.69, 9.17) is 10.3 Å². The van der Waals surface area contributed by atoms with Gasteiger partial charge in [0.25, 0.3) is 0 Å². The molecule has 1 saturated carbocycles. The van der Waals surface area contributed by atoms with Crippen molar-refractivity contribution < 1.29 is 18.9 Å². The van der Waals surface area contributed by atoms with Gasteiger partial charge in [0.15, 0.2) is 11.4 Å². The number of primary amides is 1. The minimum absolute atomic E-state index is 0.0810. The first-order chi connectivity index (χ1) is 16.9.